The smallest absolute Gasteiger partial charge is 0.316 e. The molecule has 0 saturated carbocycles. The predicted octanol–water partition coefficient (Wildman–Crippen LogP) is 6.52. The average molecular weight is 365 g/mol. The third-order valence-electron chi connectivity index (χ3n) is 4.54. The zero-order valence-electron chi connectivity index (χ0n) is 15.1. The van der Waals surface area contributed by atoms with Gasteiger partial charge in [0.25, 0.3) is 0 Å². The summed E-state index contributed by atoms with van der Waals surface area (Å²) in [6, 6.07) is 22.7. The van der Waals surface area contributed by atoms with Crippen LogP contribution >= 0.6 is 12.4 Å². The topological polar surface area (TPSA) is 26.3 Å². The summed E-state index contributed by atoms with van der Waals surface area (Å²) in [5.74, 6) is 0.366. The molecule has 0 heterocycles. The number of carbonyl (C=O) groups is 1. The number of carbonyl (C=O) groups excluding carboxylic acids is 1. The van der Waals surface area contributed by atoms with Gasteiger partial charge < -0.3 is 4.74 Å². The predicted molar refractivity (Wildman–Crippen MR) is 111 cm³/mol. The second kappa shape index (κ2) is 6.62. The zero-order chi connectivity index (χ0) is 17.6. The van der Waals surface area contributed by atoms with E-state index in [0.29, 0.717) is 5.75 Å². The van der Waals surface area contributed by atoms with E-state index in [0.717, 1.165) is 5.39 Å². The highest BCUT2D eigenvalue weighted by Crippen LogP contribution is 2.36. The molecule has 0 amide bonds. The van der Waals surface area contributed by atoms with E-state index in [1.165, 1.54) is 26.9 Å². The fourth-order valence-corrected chi connectivity index (χ4v) is 3.21. The Morgan fingerprint density at radius 3 is 1.58 bits per heavy atom. The fourth-order valence-electron chi connectivity index (χ4n) is 3.21. The highest BCUT2D eigenvalue weighted by Gasteiger charge is 2.23. The van der Waals surface area contributed by atoms with Gasteiger partial charge in [0.2, 0.25) is 0 Å². The number of benzene rings is 4. The van der Waals surface area contributed by atoms with Gasteiger partial charge in [0, 0.05) is 0 Å². The van der Waals surface area contributed by atoms with Gasteiger partial charge >= 0.3 is 5.97 Å². The van der Waals surface area contributed by atoms with Gasteiger partial charge in [-0.25, -0.2) is 0 Å². The molecule has 0 fully saturated rings. The maximum atomic E-state index is 12.2. The summed E-state index contributed by atoms with van der Waals surface area (Å²) < 4.78 is 5.61. The molecular formula is C23H21ClO2. The summed E-state index contributed by atoms with van der Waals surface area (Å²) in [4.78, 5) is 12.2. The second-order valence-electron chi connectivity index (χ2n) is 7.44. The third-order valence-corrected chi connectivity index (χ3v) is 4.54. The van der Waals surface area contributed by atoms with E-state index >= 15 is 0 Å². The summed E-state index contributed by atoms with van der Waals surface area (Å²) in [6.45, 7) is 5.58. The minimum atomic E-state index is -0.527. The van der Waals surface area contributed by atoms with Crippen molar-refractivity contribution in [1.82, 2.24) is 0 Å². The van der Waals surface area contributed by atoms with Crippen molar-refractivity contribution in [2.75, 3.05) is 0 Å². The van der Waals surface area contributed by atoms with Crippen LogP contribution in [-0.4, -0.2) is 5.97 Å². The Balaban J connectivity index is 0.00000196. The van der Waals surface area contributed by atoms with Gasteiger partial charge in [-0.3, -0.25) is 4.79 Å². The molecular weight excluding hydrogens is 344 g/mol. The Morgan fingerprint density at radius 2 is 1.12 bits per heavy atom. The third kappa shape index (κ3) is 3.02. The molecule has 4 aromatic carbocycles. The van der Waals surface area contributed by atoms with E-state index in [9.17, 15) is 4.79 Å². The SMILES string of the molecule is CC(C)(C)C(=O)Oc1ccc2c3ccccc3c3ccccc3c2c1.Cl. The molecule has 26 heavy (non-hydrogen) atoms. The standard InChI is InChI=1S/C23H20O2.ClH/c1-23(2,3)22(24)25-15-12-13-20-18-10-5-4-8-16(18)17-9-6-7-11-19(17)21(20)14-15;/h4-14H,1-3H3;1H. The summed E-state index contributed by atoms with van der Waals surface area (Å²) in [5.41, 5.74) is -0.527. The molecule has 0 atom stereocenters. The number of rotatable bonds is 1. The Morgan fingerprint density at radius 1 is 0.692 bits per heavy atom. The first kappa shape index (κ1) is 18.2. The summed E-state index contributed by atoms with van der Waals surface area (Å²) in [5, 5.41) is 7.11. The fraction of sp³-hybridized carbons (Fsp3) is 0.174. The number of esters is 1. The van der Waals surface area contributed by atoms with Gasteiger partial charge in [-0.1, -0.05) is 54.6 Å². The van der Waals surface area contributed by atoms with Gasteiger partial charge in [0.1, 0.15) is 5.75 Å². The number of hydrogen-bond acceptors (Lipinski definition) is 2. The van der Waals surface area contributed by atoms with Crippen molar-refractivity contribution in [2.45, 2.75) is 20.8 Å². The van der Waals surface area contributed by atoms with Crippen LogP contribution in [-0.2, 0) is 4.79 Å². The molecule has 0 radical (unpaired) electrons. The first-order chi connectivity index (χ1) is 11.9. The van der Waals surface area contributed by atoms with Crippen LogP contribution < -0.4 is 4.74 Å². The van der Waals surface area contributed by atoms with Crippen LogP contribution in [0.3, 0.4) is 0 Å². The van der Waals surface area contributed by atoms with Crippen molar-refractivity contribution in [3.63, 3.8) is 0 Å². The van der Waals surface area contributed by atoms with Gasteiger partial charge in [-0.2, -0.15) is 0 Å². The Hall–Kier alpha value is -2.58. The van der Waals surface area contributed by atoms with Crippen LogP contribution in [0.15, 0.2) is 66.7 Å². The number of ether oxygens (including phenoxy) is 1. The highest BCUT2D eigenvalue weighted by atomic mass is 35.5. The molecule has 0 unspecified atom stereocenters. The van der Waals surface area contributed by atoms with E-state index in [1.807, 2.05) is 39.0 Å². The maximum absolute atomic E-state index is 12.2. The second-order valence-corrected chi connectivity index (χ2v) is 7.44. The van der Waals surface area contributed by atoms with Crippen molar-refractivity contribution in [2.24, 2.45) is 5.41 Å². The van der Waals surface area contributed by atoms with E-state index in [2.05, 4.69) is 48.5 Å². The quantitative estimate of drug-likeness (QED) is 0.218. The van der Waals surface area contributed by atoms with E-state index in [1.54, 1.807) is 0 Å². The number of hydrogen-bond donors (Lipinski definition) is 0. The molecule has 0 aliphatic carbocycles. The van der Waals surface area contributed by atoms with E-state index in [4.69, 9.17) is 4.74 Å². The Kier molecular flexibility index (Phi) is 4.64. The molecule has 0 saturated heterocycles. The lowest BCUT2D eigenvalue weighted by Gasteiger charge is -2.17. The van der Waals surface area contributed by atoms with Crippen LogP contribution in [0.25, 0.3) is 32.3 Å². The molecule has 3 heteroatoms. The average Bonchev–Trinajstić information content (AvgIpc) is 2.61. The monoisotopic (exact) mass is 364 g/mol. The van der Waals surface area contributed by atoms with Crippen molar-refractivity contribution in [3.05, 3.63) is 66.7 Å². The summed E-state index contributed by atoms with van der Waals surface area (Å²) in [7, 11) is 0. The maximum Gasteiger partial charge on any atom is 0.316 e. The molecule has 4 aromatic rings. The van der Waals surface area contributed by atoms with Gasteiger partial charge in [-0.05, 0) is 65.2 Å². The zero-order valence-corrected chi connectivity index (χ0v) is 15.9. The molecule has 0 aromatic heterocycles. The molecule has 4 rings (SSSR count). The molecule has 2 nitrogen and oxygen atoms in total. The van der Waals surface area contributed by atoms with Crippen LogP contribution in [0, 0.1) is 5.41 Å². The lowest BCUT2D eigenvalue weighted by Crippen LogP contribution is -2.25. The normalized spacial score (nSPS) is 11.5. The number of fused-ring (bicyclic) bond motifs is 6. The van der Waals surface area contributed by atoms with E-state index < -0.39 is 5.41 Å². The Bertz CT molecular complexity index is 1090. The van der Waals surface area contributed by atoms with Crippen LogP contribution in [0.5, 0.6) is 5.75 Å². The van der Waals surface area contributed by atoms with Gasteiger partial charge in [0.15, 0.2) is 0 Å². The minimum absolute atomic E-state index is 0. The highest BCUT2D eigenvalue weighted by molar-refractivity contribution is 6.25. The van der Waals surface area contributed by atoms with Crippen molar-refractivity contribution in [1.29, 1.82) is 0 Å². The minimum Gasteiger partial charge on any atom is -0.426 e. The van der Waals surface area contributed by atoms with Gasteiger partial charge in [0.05, 0.1) is 5.41 Å². The Labute approximate surface area is 159 Å². The molecule has 0 spiro atoms. The van der Waals surface area contributed by atoms with Crippen molar-refractivity contribution in [3.8, 4) is 5.75 Å². The molecule has 0 aliphatic heterocycles. The first-order valence-corrected chi connectivity index (χ1v) is 8.51. The molecule has 0 aliphatic rings. The van der Waals surface area contributed by atoms with E-state index in [-0.39, 0.29) is 18.4 Å². The largest absolute Gasteiger partial charge is 0.426 e. The van der Waals surface area contributed by atoms with Crippen LogP contribution in [0.1, 0.15) is 20.8 Å². The van der Waals surface area contributed by atoms with Crippen LogP contribution in [0.2, 0.25) is 0 Å². The molecule has 0 bridgehead atoms. The summed E-state index contributed by atoms with van der Waals surface area (Å²) in [6.07, 6.45) is 0. The van der Waals surface area contributed by atoms with Gasteiger partial charge in [-0.15, -0.1) is 12.4 Å². The van der Waals surface area contributed by atoms with Crippen molar-refractivity contribution < 1.29 is 9.53 Å². The number of halogens is 1. The molecule has 0 N–H and O–H groups in total. The van der Waals surface area contributed by atoms with Crippen LogP contribution in [0.4, 0.5) is 0 Å². The molecule has 132 valence electrons. The summed E-state index contributed by atoms with van der Waals surface area (Å²) >= 11 is 0. The lowest BCUT2D eigenvalue weighted by molar-refractivity contribution is -0.142. The van der Waals surface area contributed by atoms with Crippen molar-refractivity contribution >= 4 is 50.7 Å². The lowest BCUT2D eigenvalue weighted by atomic mass is 9.94. The first-order valence-electron chi connectivity index (χ1n) is 8.51.